The van der Waals surface area contributed by atoms with Crippen molar-refractivity contribution in [2.75, 3.05) is 13.2 Å². The highest BCUT2D eigenvalue weighted by Gasteiger charge is 2.32. The van der Waals surface area contributed by atoms with Crippen LogP contribution in [0.3, 0.4) is 0 Å². The Labute approximate surface area is 104 Å². The van der Waals surface area contributed by atoms with E-state index in [2.05, 4.69) is 5.32 Å². The first-order chi connectivity index (χ1) is 8.03. The molecule has 17 heavy (non-hydrogen) atoms. The van der Waals surface area contributed by atoms with Crippen molar-refractivity contribution in [3.63, 3.8) is 0 Å². The van der Waals surface area contributed by atoms with E-state index in [1.54, 1.807) is 0 Å². The fourth-order valence-corrected chi connectivity index (χ4v) is 2.15. The predicted octanol–water partition coefficient (Wildman–Crippen LogP) is 1.44. The van der Waals surface area contributed by atoms with E-state index < -0.39 is 0 Å². The summed E-state index contributed by atoms with van der Waals surface area (Å²) in [4.78, 5) is 11.8. The lowest BCUT2D eigenvalue weighted by atomic mass is 9.79. The number of hydrogen-bond donors (Lipinski definition) is 2. The maximum absolute atomic E-state index is 11.8. The number of amides is 1. The number of hydrogen-bond acceptors (Lipinski definition) is 3. The molecule has 0 bridgehead atoms. The van der Waals surface area contributed by atoms with Crippen LogP contribution in [0.25, 0.3) is 0 Å². The van der Waals surface area contributed by atoms with Gasteiger partial charge in [-0.1, -0.05) is 6.92 Å². The van der Waals surface area contributed by atoms with Gasteiger partial charge in [0.2, 0.25) is 5.91 Å². The van der Waals surface area contributed by atoms with E-state index >= 15 is 0 Å². The largest absolute Gasteiger partial charge is 0.378 e. The maximum Gasteiger partial charge on any atom is 0.220 e. The molecule has 3 N–H and O–H groups in total. The zero-order chi connectivity index (χ0) is 12.9. The molecule has 0 spiro atoms. The minimum absolute atomic E-state index is 0.125. The van der Waals surface area contributed by atoms with E-state index in [1.807, 2.05) is 20.8 Å². The van der Waals surface area contributed by atoms with E-state index in [9.17, 15) is 4.79 Å². The number of ether oxygens (including phenoxy) is 1. The van der Waals surface area contributed by atoms with Crippen molar-refractivity contribution in [3.8, 4) is 0 Å². The predicted molar refractivity (Wildman–Crippen MR) is 68.6 cm³/mol. The van der Waals surface area contributed by atoms with Crippen LogP contribution >= 0.6 is 0 Å². The van der Waals surface area contributed by atoms with E-state index in [-0.39, 0.29) is 11.4 Å². The van der Waals surface area contributed by atoms with Crippen molar-refractivity contribution >= 4 is 5.91 Å². The zero-order valence-electron chi connectivity index (χ0n) is 11.3. The summed E-state index contributed by atoms with van der Waals surface area (Å²) in [5.41, 5.74) is 5.42. The SMILES string of the molecule is CCOC1CC(CC(=O)NC(C)(CC)CN)C1. The average molecular weight is 242 g/mol. The number of nitrogens with two attached hydrogens (primary N) is 1. The van der Waals surface area contributed by atoms with Crippen LogP contribution in [-0.2, 0) is 9.53 Å². The Morgan fingerprint density at radius 2 is 2.12 bits per heavy atom. The van der Waals surface area contributed by atoms with Crippen LogP contribution in [0.15, 0.2) is 0 Å². The maximum atomic E-state index is 11.8. The monoisotopic (exact) mass is 242 g/mol. The third kappa shape index (κ3) is 4.28. The first-order valence-corrected chi connectivity index (χ1v) is 6.65. The van der Waals surface area contributed by atoms with E-state index in [0.29, 0.717) is 25.0 Å². The number of nitrogens with one attached hydrogen (secondary N) is 1. The Balaban J connectivity index is 2.23. The molecule has 1 unspecified atom stereocenters. The molecule has 0 aromatic carbocycles. The molecule has 1 aliphatic rings. The zero-order valence-corrected chi connectivity index (χ0v) is 11.3. The Morgan fingerprint density at radius 1 is 1.47 bits per heavy atom. The quantitative estimate of drug-likeness (QED) is 0.710. The van der Waals surface area contributed by atoms with Gasteiger partial charge in [-0.2, -0.15) is 0 Å². The highest BCUT2D eigenvalue weighted by atomic mass is 16.5. The lowest BCUT2D eigenvalue weighted by molar-refractivity contribution is -0.126. The third-order valence-electron chi connectivity index (χ3n) is 3.74. The molecule has 4 heteroatoms. The molecule has 1 amide bonds. The number of rotatable bonds is 7. The summed E-state index contributed by atoms with van der Waals surface area (Å²) in [5, 5.41) is 3.03. The lowest BCUT2D eigenvalue weighted by Crippen LogP contribution is -2.51. The molecule has 4 nitrogen and oxygen atoms in total. The normalized spacial score (nSPS) is 27.1. The van der Waals surface area contributed by atoms with Gasteiger partial charge in [0.25, 0.3) is 0 Å². The minimum Gasteiger partial charge on any atom is -0.378 e. The molecule has 0 aromatic rings. The lowest BCUT2D eigenvalue weighted by Gasteiger charge is -2.35. The summed E-state index contributed by atoms with van der Waals surface area (Å²) in [5.74, 6) is 0.616. The fraction of sp³-hybridized carbons (Fsp3) is 0.923. The standard InChI is InChI=1S/C13H26N2O2/c1-4-13(3,9-14)15-12(16)8-10-6-11(7-10)17-5-2/h10-11H,4-9,14H2,1-3H3,(H,15,16). The molecule has 0 saturated heterocycles. The number of carbonyl (C=O) groups excluding carboxylic acids is 1. The van der Waals surface area contributed by atoms with Gasteiger partial charge in [-0.15, -0.1) is 0 Å². The molecule has 1 rings (SSSR count). The molecule has 0 heterocycles. The smallest absolute Gasteiger partial charge is 0.220 e. The van der Waals surface area contributed by atoms with E-state index in [1.165, 1.54) is 0 Å². The summed E-state index contributed by atoms with van der Waals surface area (Å²) in [6, 6.07) is 0. The molecular weight excluding hydrogens is 216 g/mol. The minimum atomic E-state index is -0.250. The topological polar surface area (TPSA) is 64.3 Å². The van der Waals surface area contributed by atoms with Gasteiger partial charge in [-0.25, -0.2) is 0 Å². The second-order valence-electron chi connectivity index (χ2n) is 5.29. The van der Waals surface area contributed by atoms with Crippen molar-refractivity contribution < 1.29 is 9.53 Å². The van der Waals surface area contributed by atoms with Crippen molar-refractivity contribution in [2.45, 2.75) is 58.1 Å². The Hall–Kier alpha value is -0.610. The van der Waals surface area contributed by atoms with Crippen molar-refractivity contribution in [2.24, 2.45) is 11.7 Å². The molecular formula is C13H26N2O2. The van der Waals surface area contributed by atoms with Crippen molar-refractivity contribution in [1.82, 2.24) is 5.32 Å². The van der Waals surface area contributed by atoms with E-state index in [0.717, 1.165) is 25.9 Å². The third-order valence-corrected chi connectivity index (χ3v) is 3.74. The average Bonchev–Trinajstić information content (AvgIpc) is 2.26. The van der Waals surface area contributed by atoms with Crippen LogP contribution in [-0.4, -0.2) is 30.7 Å². The summed E-state index contributed by atoms with van der Waals surface area (Å²) >= 11 is 0. The van der Waals surface area contributed by atoms with Crippen molar-refractivity contribution in [1.29, 1.82) is 0 Å². The van der Waals surface area contributed by atoms with Gasteiger partial charge < -0.3 is 15.8 Å². The Bertz CT molecular complexity index is 246. The molecule has 1 saturated carbocycles. The molecule has 1 atom stereocenters. The first-order valence-electron chi connectivity index (χ1n) is 6.65. The van der Waals surface area contributed by atoms with E-state index in [4.69, 9.17) is 10.5 Å². The summed E-state index contributed by atoms with van der Waals surface area (Å²) in [7, 11) is 0. The van der Waals surface area contributed by atoms with Gasteiger partial charge in [0, 0.05) is 25.1 Å². The van der Waals surface area contributed by atoms with Gasteiger partial charge in [-0.3, -0.25) is 4.79 Å². The Morgan fingerprint density at radius 3 is 2.59 bits per heavy atom. The van der Waals surface area contributed by atoms with Gasteiger partial charge >= 0.3 is 0 Å². The Kier molecular flexibility index (Phi) is 5.40. The molecule has 0 aromatic heterocycles. The van der Waals surface area contributed by atoms with Crippen molar-refractivity contribution in [3.05, 3.63) is 0 Å². The highest BCUT2D eigenvalue weighted by molar-refractivity contribution is 5.77. The van der Waals surface area contributed by atoms with Crippen LogP contribution < -0.4 is 11.1 Å². The second kappa shape index (κ2) is 6.36. The first kappa shape index (κ1) is 14.5. The highest BCUT2D eigenvalue weighted by Crippen LogP contribution is 2.32. The fourth-order valence-electron chi connectivity index (χ4n) is 2.15. The molecule has 100 valence electrons. The van der Waals surface area contributed by atoms with Crippen LogP contribution in [0.1, 0.15) is 46.5 Å². The molecule has 1 aliphatic carbocycles. The van der Waals surface area contributed by atoms with Gasteiger partial charge in [-0.05, 0) is 39.0 Å². The molecule has 1 fully saturated rings. The van der Waals surface area contributed by atoms with Gasteiger partial charge in [0.15, 0.2) is 0 Å². The number of carbonyl (C=O) groups is 1. The van der Waals surface area contributed by atoms with Gasteiger partial charge in [0.05, 0.1) is 6.10 Å². The summed E-state index contributed by atoms with van der Waals surface area (Å²) in [6.07, 6.45) is 3.89. The summed E-state index contributed by atoms with van der Waals surface area (Å²) < 4.78 is 5.48. The second-order valence-corrected chi connectivity index (χ2v) is 5.29. The molecule has 0 radical (unpaired) electrons. The summed E-state index contributed by atoms with van der Waals surface area (Å²) in [6.45, 7) is 7.30. The van der Waals surface area contributed by atoms with Crippen LogP contribution in [0, 0.1) is 5.92 Å². The van der Waals surface area contributed by atoms with Crippen LogP contribution in [0.2, 0.25) is 0 Å². The van der Waals surface area contributed by atoms with Crippen LogP contribution in [0.5, 0.6) is 0 Å². The molecule has 0 aliphatic heterocycles. The van der Waals surface area contributed by atoms with Gasteiger partial charge in [0.1, 0.15) is 0 Å². The van der Waals surface area contributed by atoms with Crippen LogP contribution in [0.4, 0.5) is 0 Å².